The van der Waals surface area contributed by atoms with E-state index in [2.05, 4.69) is 26.5 Å². The lowest BCUT2D eigenvalue weighted by atomic mass is 9.78. The van der Waals surface area contributed by atoms with Crippen LogP contribution in [-0.4, -0.2) is 31.6 Å². The Bertz CT molecular complexity index is 1230. The topological polar surface area (TPSA) is 86.8 Å². The Morgan fingerprint density at radius 2 is 1.77 bits per heavy atom. The van der Waals surface area contributed by atoms with Crippen LogP contribution in [-0.2, 0) is 16.6 Å². The van der Waals surface area contributed by atoms with Crippen LogP contribution < -0.4 is 21.5 Å². The molecular weight excluding hydrogens is 533 g/mol. The van der Waals surface area contributed by atoms with Crippen molar-refractivity contribution in [1.82, 2.24) is 16.1 Å². The van der Waals surface area contributed by atoms with Gasteiger partial charge in [-0.15, -0.1) is 0 Å². The molecule has 2 aliphatic rings. The zero-order chi connectivity index (χ0) is 28.9. The first-order chi connectivity index (χ1) is 19.0. The lowest BCUT2D eigenvalue weighted by molar-refractivity contribution is -0.137. The summed E-state index contributed by atoms with van der Waals surface area (Å²) in [6, 6.07) is 5.95. The number of nitrogens with one attached hydrogen (secondary N) is 4. The first kappa shape index (κ1) is 29.7. The Balaban J connectivity index is 1.77. The van der Waals surface area contributed by atoms with Gasteiger partial charge in [0.1, 0.15) is 5.66 Å². The van der Waals surface area contributed by atoms with Gasteiger partial charge < -0.3 is 20.8 Å². The molecule has 1 heterocycles. The van der Waals surface area contributed by atoms with Gasteiger partial charge in [0.15, 0.2) is 11.6 Å². The Morgan fingerprint density at radius 1 is 1.07 bits per heavy atom. The highest BCUT2D eigenvalue weighted by Crippen LogP contribution is 2.44. The summed E-state index contributed by atoms with van der Waals surface area (Å²) in [7, 11) is 1.52. The molecule has 4 N–H and O–H groups in total. The van der Waals surface area contributed by atoms with Crippen molar-refractivity contribution in [2.75, 3.05) is 19.1 Å². The minimum atomic E-state index is -4.52. The molecule has 0 radical (unpaired) electrons. The standard InChI is InChI=1S/C28H34F5N5O2/c1-17(16-40-2)34-26(35-25(39)18-10-13-22(29)23(30)14-18)36-27(19-8-6-4-3-5-7-9-19)21-12-11-20(28(31,32)33)15-24(21)37-38-27/h10-15,17,19,37-38H,3-9,16H2,1-2H3,(H2,34,35,36,39)/t17-,27?/m0/s1. The molecule has 1 aliphatic heterocycles. The minimum Gasteiger partial charge on any atom is -0.383 e. The van der Waals surface area contributed by atoms with Crippen molar-refractivity contribution in [3.63, 3.8) is 0 Å². The number of nitrogens with zero attached hydrogens (tertiary/aromatic N) is 1. The van der Waals surface area contributed by atoms with Crippen molar-refractivity contribution < 1.29 is 31.5 Å². The number of hydrogen-bond donors (Lipinski definition) is 4. The molecule has 2 atom stereocenters. The zero-order valence-electron chi connectivity index (χ0n) is 22.4. The largest absolute Gasteiger partial charge is 0.416 e. The van der Waals surface area contributed by atoms with E-state index < -0.39 is 34.9 Å². The van der Waals surface area contributed by atoms with Gasteiger partial charge in [0.2, 0.25) is 5.96 Å². The van der Waals surface area contributed by atoms with Crippen LogP contribution >= 0.6 is 0 Å². The van der Waals surface area contributed by atoms with E-state index in [4.69, 9.17) is 4.74 Å². The van der Waals surface area contributed by atoms with Crippen LogP contribution in [0, 0.1) is 17.6 Å². The Hall–Kier alpha value is -3.25. The molecule has 1 aliphatic carbocycles. The smallest absolute Gasteiger partial charge is 0.383 e. The van der Waals surface area contributed by atoms with Crippen LogP contribution in [0.3, 0.4) is 0 Å². The minimum absolute atomic E-state index is 0.0170. The van der Waals surface area contributed by atoms with Crippen LogP contribution in [0.2, 0.25) is 0 Å². The second-order valence-corrected chi connectivity index (χ2v) is 10.4. The summed E-state index contributed by atoms with van der Waals surface area (Å²) < 4.78 is 73.0. The lowest BCUT2D eigenvalue weighted by Crippen LogP contribution is -2.62. The molecule has 40 heavy (non-hydrogen) atoms. The molecule has 1 unspecified atom stereocenters. The van der Waals surface area contributed by atoms with Crippen molar-refractivity contribution in [2.45, 2.75) is 69.8 Å². The number of methoxy groups -OCH3 is 1. The Morgan fingerprint density at radius 3 is 2.42 bits per heavy atom. The lowest BCUT2D eigenvalue weighted by Gasteiger charge is -2.41. The number of anilines is 1. The van der Waals surface area contributed by atoms with Crippen molar-refractivity contribution in [3.8, 4) is 0 Å². The summed E-state index contributed by atoms with van der Waals surface area (Å²) in [6.07, 6.45) is 2.10. The fourth-order valence-electron chi connectivity index (χ4n) is 5.42. The van der Waals surface area contributed by atoms with Crippen LogP contribution in [0.4, 0.5) is 27.6 Å². The molecule has 0 saturated heterocycles. The monoisotopic (exact) mass is 567 g/mol. The average Bonchev–Trinajstić information content (AvgIpc) is 3.23. The van der Waals surface area contributed by atoms with Crippen molar-refractivity contribution in [1.29, 1.82) is 0 Å². The van der Waals surface area contributed by atoms with Crippen molar-refractivity contribution in [2.24, 2.45) is 10.9 Å². The van der Waals surface area contributed by atoms with E-state index in [-0.39, 0.29) is 35.8 Å². The van der Waals surface area contributed by atoms with Crippen molar-refractivity contribution >= 4 is 17.6 Å². The summed E-state index contributed by atoms with van der Waals surface area (Å²) in [4.78, 5) is 17.2. The number of fused-ring (bicyclic) bond motifs is 1. The van der Waals surface area contributed by atoms with E-state index in [1.54, 1.807) is 6.92 Å². The number of ether oxygens (including phenoxy) is 1. The van der Waals surface area contributed by atoms with E-state index in [1.807, 2.05) is 0 Å². The van der Waals surface area contributed by atoms with Crippen LogP contribution in [0.25, 0.3) is 0 Å². The Labute approximate surface area is 229 Å². The maximum absolute atomic E-state index is 13.9. The first-order valence-corrected chi connectivity index (χ1v) is 13.4. The number of guanidine groups is 1. The van der Waals surface area contributed by atoms with E-state index in [0.717, 1.165) is 75.3 Å². The molecule has 218 valence electrons. The molecule has 1 saturated carbocycles. The maximum Gasteiger partial charge on any atom is 0.416 e. The third-order valence-electron chi connectivity index (χ3n) is 7.38. The number of carbonyl (C=O) groups is 1. The molecule has 12 heteroatoms. The molecule has 7 nitrogen and oxygen atoms in total. The molecule has 2 aromatic rings. The predicted octanol–water partition coefficient (Wildman–Crippen LogP) is 5.84. The Kier molecular flexibility index (Phi) is 9.29. The first-order valence-electron chi connectivity index (χ1n) is 13.4. The molecule has 0 bridgehead atoms. The number of amides is 1. The predicted molar refractivity (Wildman–Crippen MR) is 141 cm³/mol. The zero-order valence-corrected chi connectivity index (χ0v) is 22.4. The summed E-state index contributed by atoms with van der Waals surface area (Å²) in [5.41, 5.74) is 4.87. The van der Waals surface area contributed by atoms with Gasteiger partial charge in [0, 0.05) is 30.2 Å². The second kappa shape index (κ2) is 12.5. The van der Waals surface area contributed by atoms with E-state index in [9.17, 15) is 26.7 Å². The van der Waals surface area contributed by atoms with Gasteiger partial charge in [-0.05, 0) is 50.1 Å². The van der Waals surface area contributed by atoms with Gasteiger partial charge >= 0.3 is 6.18 Å². The number of alkyl halides is 3. The SMILES string of the molecule is COC[C@H](C)N/C(=N/C(=O)c1ccc(F)c(F)c1)NC1(C2CCCCCCC2)NNc2cc(C(F)(F)F)ccc21. The maximum atomic E-state index is 13.9. The van der Waals surface area contributed by atoms with E-state index >= 15 is 0 Å². The fraction of sp³-hybridized carbons (Fsp3) is 0.500. The quantitative estimate of drug-likeness (QED) is 0.200. The summed E-state index contributed by atoms with van der Waals surface area (Å²) >= 11 is 0. The number of hydrazine groups is 1. The molecule has 1 amide bonds. The molecule has 0 aromatic heterocycles. The second-order valence-electron chi connectivity index (χ2n) is 10.4. The van der Waals surface area contributed by atoms with Crippen molar-refractivity contribution in [3.05, 3.63) is 64.7 Å². The molecule has 0 spiro atoms. The highest BCUT2D eigenvalue weighted by atomic mass is 19.4. The van der Waals surface area contributed by atoms with Gasteiger partial charge in [-0.3, -0.25) is 4.79 Å². The highest BCUT2D eigenvalue weighted by molar-refractivity contribution is 6.03. The third-order valence-corrected chi connectivity index (χ3v) is 7.38. The summed E-state index contributed by atoms with van der Waals surface area (Å²) in [5, 5.41) is 6.42. The molecule has 1 fully saturated rings. The highest BCUT2D eigenvalue weighted by Gasteiger charge is 2.47. The number of hydrogen-bond acceptors (Lipinski definition) is 4. The average molecular weight is 568 g/mol. The molecular formula is C28H34F5N5O2. The number of rotatable bonds is 6. The number of halogens is 5. The normalized spacial score (nSPS) is 21.1. The number of benzene rings is 2. The van der Waals surface area contributed by atoms with E-state index in [0.29, 0.717) is 5.56 Å². The fourth-order valence-corrected chi connectivity index (χ4v) is 5.42. The van der Waals surface area contributed by atoms with Gasteiger partial charge in [-0.25, -0.2) is 14.2 Å². The van der Waals surface area contributed by atoms with Crippen LogP contribution in [0.1, 0.15) is 73.4 Å². The molecule has 4 rings (SSSR count). The van der Waals surface area contributed by atoms with Crippen LogP contribution in [0.15, 0.2) is 41.4 Å². The van der Waals surface area contributed by atoms with Gasteiger partial charge in [0.25, 0.3) is 5.91 Å². The summed E-state index contributed by atoms with van der Waals surface area (Å²) in [6.45, 7) is 2.06. The van der Waals surface area contributed by atoms with Crippen LogP contribution in [0.5, 0.6) is 0 Å². The van der Waals surface area contributed by atoms with Gasteiger partial charge in [-0.1, -0.05) is 38.2 Å². The number of carbonyl (C=O) groups excluding carboxylic acids is 1. The van der Waals surface area contributed by atoms with Gasteiger partial charge in [-0.2, -0.15) is 18.2 Å². The van der Waals surface area contributed by atoms with Gasteiger partial charge in [0.05, 0.1) is 17.9 Å². The number of aliphatic imine (C=N–C) groups is 1. The summed E-state index contributed by atoms with van der Waals surface area (Å²) in [5.74, 6) is -3.17. The van der Waals surface area contributed by atoms with E-state index in [1.165, 1.54) is 13.2 Å². The molecule has 2 aromatic carbocycles. The third kappa shape index (κ3) is 6.72.